The number of amides is 1. The van der Waals surface area contributed by atoms with Crippen LogP contribution in [-0.2, 0) is 0 Å². The van der Waals surface area contributed by atoms with Crippen molar-refractivity contribution in [2.24, 2.45) is 0 Å². The maximum absolute atomic E-state index is 12.6. The maximum atomic E-state index is 12.6. The Balaban J connectivity index is 2.26. The minimum Gasteiger partial charge on any atom is -0.397 e. The molecule has 0 aromatic heterocycles. The molecule has 0 saturated carbocycles. The zero-order valence-corrected chi connectivity index (χ0v) is 13.2. The van der Waals surface area contributed by atoms with Crippen LogP contribution in [0.3, 0.4) is 0 Å². The van der Waals surface area contributed by atoms with Crippen LogP contribution < -0.4 is 5.73 Å². The summed E-state index contributed by atoms with van der Waals surface area (Å²) in [7, 11) is 2.07. The summed E-state index contributed by atoms with van der Waals surface area (Å²) in [6.45, 7) is 4.66. The lowest BCUT2D eigenvalue weighted by Crippen LogP contribution is -2.42. The van der Waals surface area contributed by atoms with Gasteiger partial charge >= 0.3 is 0 Å². The van der Waals surface area contributed by atoms with Crippen LogP contribution >= 0.6 is 23.2 Å². The number of likely N-dealkylation sites (N-methyl/N-ethyl adjacent to an activating group) is 1. The second-order valence-corrected chi connectivity index (χ2v) is 6.11. The Morgan fingerprint density at radius 3 is 2.70 bits per heavy atom. The van der Waals surface area contributed by atoms with Gasteiger partial charge in [0, 0.05) is 24.7 Å². The normalized spacial score (nSPS) is 20.8. The van der Waals surface area contributed by atoms with Gasteiger partial charge in [-0.3, -0.25) is 4.79 Å². The topological polar surface area (TPSA) is 49.6 Å². The molecule has 0 radical (unpaired) electrons. The molecule has 0 spiro atoms. The van der Waals surface area contributed by atoms with Crippen molar-refractivity contribution in [2.75, 3.05) is 32.4 Å². The highest BCUT2D eigenvalue weighted by atomic mass is 35.5. The lowest BCUT2D eigenvalue weighted by atomic mass is 10.1. The van der Waals surface area contributed by atoms with Gasteiger partial charge in [-0.2, -0.15) is 0 Å². The van der Waals surface area contributed by atoms with Crippen molar-refractivity contribution in [2.45, 2.75) is 19.4 Å². The van der Waals surface area contributed by atoms with E-state index in [2.05, 4.69) is 18.9 Å². The third-order valence-corrected chi connectivity index (χ3v) is 4.43. The molecule has 1 aliphatic rings. The molecule has 1 aromatic carbocycles. The second-order valence-electron chi connectivity index (χ2n) is 5.32. The molecule has 110 valence electrons. The molecular formula is C14H19Cl2N3O. The van der Waals surface area contributed by atoms with Crippen LogP contribution in [0.4, 0.5) is 5.69 Å². The molecule has 1 unspecified atom stereocenters. The Morgan fingerprint density at radius 1 is 1.35 bits per heavy atom. The van der Waals surface area contributed by atoms with Gasteiger partial charge in [-0.15, -0.1) is 0 Å². The van der Waals surface area contributed by atoms with Crippen LogP contribution in [0.25, 0.3) is 0 Å². The summed E-state index contributed by atoms with van der Waals surface area (Å²) in [5, 5.41) is 0.612. The number of hydrogen-bond acceptors (Lipinski definition) is 3. The molecule has 0 aliphatic carbocycles. The lowest BCUT2D eigenvalue weighted by Gasteiger charge is -2.28. The third kappa shape index (κ3) is 3.19. The third-order valence-electron chi connectivity index (χ3n) is 3.61. The van der Waals surface area contributed by atoms with E-state index in [0.717, 1.165) is 26.1 Å². The number of hydrogen-bond donors (Lipinski definition) is 1. The van der Waals surface area contributed by atoms with Gasteiger partial charge in [0.05, 0.1) is 15.7 Å². The van der Waals surface area contributed by atoms with Crippen LogP contribution in [0.1, 0.15) is 23.7 Å². The minimum atomic E-state index is -0.0435. The van der Waals surface area contributed by atoms with Crippen molar-refractivity contribution in [1.29, 1.82) is 0 Å². The molecule has 1 aromatic rings. The van der Waals surface area contributed by atoms with E-state index in [1.54, 1.807) is 12.1 Å². The number of nitrogen functional groups attached to an aromatic ring is 1. The molecule has 1 saturated heterocycles. The van der Waals surface area contributed by atoms with Gasteiger partial charge in [-0.25, -0.2) is 0 Å². The van der Waals surface area contributed by atoms with Crippen molar-refractivity contribution in [1.82, 2.24) is 9.80 Å². The van der Waals surface area contributed by atoms with Gasteiger partial charge < -0.3 is 15.5 Å². The van der Waals surface area contributed by atoms with E-state index in [4.69, 9.17) is 28.9 Å². The number of nitrogens with zero attached hydrogens (tertiary/aromatic N) is 2. The quantitative estimate of drug-likeness (QED) is 0.811. The fourth-order valence-corrected chi connectivity index (χ4v) is 2.91. The van der Waals surface area contributed by atoms with E-state index in [1.165, 1.54) is 0 Å². The minimum absolute atomic E-state index is 0.0435. The highest BCUT2D eigenvalue weighted by molar-refractivity contribution is 6.43. The Kier molecular flexibility index (Phi) is 4.78. The number of benzene rings is 1. The Labute approximate surface area is 129 Å². The van der Waals surface area contributed by atoms with E-state index in [0.29, 0.717) is 21.3 Å². The molecule has 1 aliphatic heterocycles. The summed E-state index contributed by atoms with van der Waals surface area (Å²) in [5.74, 6) is -0.0435. The highest BCUT2D eigenvalue weighted by Crippen LogP contribution is 2.30. The summed E-state index contributed by atoms with van der Waals surface area (Å²) in [5.41, 5.74) is 6.61. The number of nitrogens with two attached hydrogens (primary N) is 1. The van der Waals surface area contributed by atoms with E-state index >= 15 is 0 Å². The Morgan fingerprint density at radius 2 is 2.05 bits per heavy atom. The molecule has 2 N–H and O–H groups in total. The van der Waals surface area contributed by atoms with E-state index in [-0.39, 0.29) is 11.9 Å². The van der Waals surface area contributed by atoms with Crippen LogP contribution in [-0.4, -0.2) is 48.4 Å². The first-order chi connectivity index (χ1) is 9.40. The van der Waals surface area contributed by atoms with Gasteiger partial charge in [0.2, 0.25) is 0 Å². The molecule has 1 heterocycles. The van der Waals surface area contributed by atoms with Gasteiger partial charge in [-0.1, -0.05) is 23.2 Å². The highest BCUT2D eigenvalue weighted by Gasteiger charge is 2.25. The van der Waals surface area contributed by atoms with Crippen LogP contribution in [0.2, 0.25) is 10.0 Å². The molecule has 6 heteroatoms. The van der Waals surface area contributed by atoms with Gasteiger partial charge in [-0.05, 0) is 39.1 Å². The molecule has 0 bridgehead atoms. The zero-order chi connectivity index (χ0) is 14.9. The Hall–Kier alpha value is -0.970. The number of anilines is 1. The summed E-state index contributed by atoms with van der Waals surface area (Å²) in [6.07, 6.45) is 0.962. The predicted octanol–water partition coefficient (Wildman–Crippen LogP) is 2.74. The molecule has 20 heavy (non-hydrogen) atoms. The largest absolute Gasteiger partial charge is 0.397 e. The number of rotatable bonds is 1. The molecular weight excluding hydrogens is 297 g/mol. The first-order valence-electron chi connectivity index (χ1n) is 6.64. The van der Waals surface area contributed by atoms with Crippen molar-refractivity contribution in [3.63, 3.8) is 0 Å². The van der Waals surface area contributed by atoms with Crippen molar-refractivity contribution < 1.29 is 4.79 Å². The first-order valence-corrected chi connectivity index (χ1v) is 7.39. The lowest BCUT2D eigenvalue weighted by molar-refractivity contribution is 0.0696. The fraction of sp³-hybridized carbons (Fsp3) is 0.500. The van der Waals surface area contributed by atoms with E-state index in [1.807, 2.05) is 4.90 Å². The average molecular weight is 316 g/mol. The number of carbonyl (C=O) groups is 1. The van der Waals surface area contributed by atoms with Gasteiger partial charge in [0.15, 0.2) is 0 Å². The fourth-order valence-electron chi connectivity index (χ4n) is 2.57. The molecule has 1 atom stereocenters. The summed E-state index contributed by atoms with van der Waals surface area (Å²) >= 11 is 11.9. The molecule has 1 fully saturated rings. The van der Waals surface area contributed by atoms with Crippen molar-refractivity contribution in [3.05, 3.63) is 27.7 Å². The summed E-state index contributed by atoms with van der Waals surface area (Å²) in [4.78, 5) is 16.8. The monoisotopic (exact) mass is 315 g/mol. The van der Waals surface area contributed by atoms with Crippen LogP contribution in [0, 0.1) is 0 Å². The summed E-state index contributed by atoms with van der Waals surface area (Å²) in [6, 6.07) is 3.34. The number of carbonyl (C=O) groups excluding carboxylic acids is 1. The zero-order valence-electron chi connectivity index (χ0n) is 11.7. The van der Waals surface area contributed by atoms with Crippen molar-refractivity contribution >= 4 is 34.8 Å². The van der Waals surface area contributed by atoms with Crippen LogP contribution in [0.15, 0.2) is 12.1 Å². The maximum Gasteiger partial charge on any atom is 0.254 e. The molecule has 1 amide bonds. The van der Waals surface area contributed by atoms with Crippen molar-refractivity contribution in [3.8, 4) is 0 Å². The molecule has 2 rings (SSSR count). The SMILES string of the molecule is CC1CN(C)CCCN1C(=O)c1cc(N)c(Cl)c(Cl)c1. The standard InChI is InChI=1S/C14H19Cl2N3O/c1-9-8-18(2)4-3-5-19(9)14(20)10-6-11(15)13(16)12(17)7-10/h6-7,9H,3-5,8,17H2,1-2H3. The Bertz CT molecular complexity index is 498. The average Bonchev–Trinajstić information content (AvgIpc) is 2.55. The van der Waals surface area contributed by atoms with E-state index in [9.17, 15) is 4.79 Å². The number of halogens is 2. The van der Waals surface area contributed by atoms with E-state index < -0.39 is 0 Å². The smallest absolute Gasteiger partial charge is 0.254 e. The second kappa shape index (κ2) is 6.20. The first kappa shape index (κ1) is 15.4. The predicted molar refractivity (Wildman–Crippen MR) is 83.5 cm³/mol. The summed E-state index contributed by atoms with van der Waals surface area (Å²) < 4.78 is 0. The molecule has 4 nitrogen and oxygen atoms in total. The van der Waals surface area contributed by atoms with Crippen LogP contribution in [0.5, 0.6) is 0 Å². The van der Waals surface area contributed by atoms with Gasteiger partial charge in [0.1, 0.15) is 0 Å². The van der Waals surface area contributed by atoms with Gasteiger partial charge in [0.25, 0.3) is 5.91 Å².